The van der Waals surface area contributed by atoms with Crippen LogP contribution in [0.3, 0.4) is 0 Å². The molecule has 1 fully saturated rings. The maximum Gasteiger partial charge on any atom is 0.254 e. The second-order valence-electron chi connectivity index (χ2n) is 4.90. The number of carbonyl (C=O) groups excluding carboxylic acids is 1. The van der Waals surface area contributed by atoms with Crippen LogP contribution in [0.25, 0.3) is 0 Å². The molecule has 2 heterocycles. The van der Waals surface area contributed by atoms with E-state index in [0.717, 1.165) is 37.5 Å². The van der Waals surface area contributed by atoms with Crippen molar-refractivity contribution in [3.8, 4) is 11.8 Å². The van der Waals surface area contributed by atoms with E-state index in [1.165, 1.54) is 11.3 Å². The van der Waals surface area contributed by atoms with Crippen LogP contribution in [0.2, 0.25) is 0 Å². The van der Waals surface area contributed by atoms with Gasteiger partial charge in [0.05, 0.1) is 10.4 Å². The quantitative estimate of drug-likeness (QED) is 0.861. The van der Waals surface area contributed by atoms with E-state index in [4.69, 9.17) is 9.84 Å². The summed E-state index contributed by atoms with van der Waals surface area (Å²) in [6.07, 6.45) is 2.04. The van der Waals surface area contributed by atoms with Crippen LogP contribution in [0, 0.1) is 17.8 Å². The summed E-state index contributed by atoms with van der Waals surface area (Å²) in [7, 11) is 1.84. The van der Waals surface area contributed by atoms with E-state index in [0.29, 0.717) is 11.5 Å². The number of aliphatic hydroxyl groups excluding tert-OH is 1. The molecule has 1 N–H and O–H groups in total. The van der Waals surface area contributed by atoms with E-state index >= 15 is 0 Å². The molecule has 0 unspecified atom stereocenters. The zero-order chi connectivity index (χ0) is 14.4. The first-order valence-corrected chi connectivity index (χ1v) is 7.60. The number of amides is 1. The van der Waals surface area contributed by atoms with Gasteiger partial charge < -0.3 is 14.7 Å². The zero-order valence-corrected chi connectivity index (χ0v) is 12.4. The topological polar surface area (TPSA) is 49.8 Å². The minimum absolute atomic E-state index is 0.0322. The molecule has 0 aliphatic carbocycles. The number of ether oxygens (including phenoxy) is 1. The fraction of sp³-hybridized carbons (Fsp3) is 0.533. The van der Waals surface area contributed by atoms with E-state index in [1.54, 1.807) is 11.0 Å². The Morgan fingerprint density at radius 1 is 1.55 bits per heavy atom. The summed E-state index contributed by atoms with van der Waals surface area (Å²) in [6, 6.07) is 1.79. The smallest absolute Gasteiger partial charge is 0.254 e. The molecule has 5 heteroatoms. The van der Waals surface area contributed by atoms with Crippen LogP contribution >= 0.6 is 11.3 Å². The van der Waals surface area contributed by atoms with Crippen molar-refractivity contribution in [3.05, 3.63) is 21.9 Å². The number of hydrogen-bond acceptors (Lipinski definition) is 4. The molecule has 1 aliphatic heterocycles. The molecule has 0 spiro atoms. The Kier molecular flexibility index (Phi) is 5.60. The molecular formula is C15H19NO3S. The van der Waals surface area contributed by atoms with Crippen molar-refractivity contribution in [2.45, 2.75) is 12.8 Å². The molecule has 1 amide bonds. The molecule has 0 bridgehead atoms. The summed E-state index contributed by atoms with van der Waals surface area (Å²) in [5.41, 5.74) is 0.673. The van der Waals surface area contributed by atoms with Gasteiger partial charge >= 0.3 is 0 Å². The fourth-order valence-electron chi connectivity index (χ4n) is 2.26. The molecule has 1 aromatic rings. The molecule has 2 rings (SSSR count). The fourth-order valence-corrected chi connectivity index (χ4v) is 3.01. The van der Waals surface area contributed by atoms with Gasteiger partial charge in [0.2, 0.25) is 0 Å². The highest BCUT2D eigenvalue weighted by Gasteiger charge is 2.20. The highest BCUT2D eigenvalue weighted by Crippen LogP contribution is 2.19. The van der Waals surface area contributed by atoms with Gasteiger partial charge in [-0.3, -0.25) is 4.79 Å². The van der Waals surface area contributed by atoms with Crippen molar-refractivity contribution in [1.29, 1.82) is 0 Å². The Morgan fingerprint density at radius 3 is 3.00 bits per heavy atom. The lowest BCUT2D eigenvalue weighted by Crippen LogP contribution is -2.33. The normalized spacial score (nSPS) is 15.5. The Bertz CT molecular complexity index is 509. The van der Waals surface area contributed by atoms with E-state index < -0.39 is 0 Å². The lowest BCUT2D eigenvalue weighted by molar-refractivity contribution is 0.0497. The first kappa shape index (κ1) is 15.0. The molecule has 1 saturated heterocycles. The van der Waals surface area contributed by atoms with Crippen LogP contribution in [0.5, 0.6) is 0 Å². The van der Waals surface area contributed by atoms with Crippen LogP contribution in [-0.2, 0) is 4.74 Å². The zero-order valence-electron chi connectivity index (χ0n) is 11.6. The Morgan fingerprint density at radius 2 is 2.30 bits per heavy atom. The van der Waals surface area contributed by atoms with Gasteiger partial charge in [0.15, 0.2) is 0 Å². The molecular weight excluding hydrogens is 274 g/mol. The number of carbonyl (C=O) groups is 1. The Hall–Kier alpha value is -1.35. The number of hydrogen-bond donors (Lipinski definition) is 1. The minimum Gasteiger partial charge on any atom is -0.384 e. The summed E-state index contributed by atoms with van der Waals surface area (Å²) >= 11 is 1.43. The van der Waals surface area contributed by atoms with Gasteiger partial charge in [0.25, 0.3) is 5.91 Å². The first-order chi connectivity index (χ1) is 9.70. The van der Waals surface area contributed by atoms with Crippen molar-refractivity contribution in [2.75, 3.05) is 33.4 Å². The van der Waals surface area contributed by atoms with Crippen molar-refractivity contribution in [3.63, 3.8) is 0 Å². The maximum atomic E-state index is 12.3. The van der Waals surface area contributed by atoms with Crippen LogP contribution in [-0.4, -0.2) is 49.3 Å². The second-order valence-corrected chi connectivity index (χ2v) is 5.81. The number of nitrogens with zero attached hydrogens (tertiary/aromatic N) is 1. The number of rotatable bonds is 3. The van der Waals surface area contributed by atoms with Gasteiger partial charge in [0.1, 0.15) is 6.61 Å². The second kappa shape index (κ2) is 7.44. The third kappa shape index (κ3) is 4.07. The minimum atomic E-state index is -0.162. The summed E-state index contributed by atoms with van der Waals surface area (Å²) < 4.78 is 5.33. The van der Waals surface area contributed by atoms with Gasteiger partial charge in [0, 0.05) is 32.2 Å². The highest BCUT2D eigenvalue weighted by atomic mass is 32.1. The average Bonchev–Trinajstić information content (AvgIpc) is 2.94. The Labute approximate surface area is 123 Å². The largest absolute Gasteiger partial charge is 0.384 e. The Balaban J connectivity index is 1.93. The lowest BCUT2D eigenvalue weighted by Gasteiger charge is -2.27. The first-order valence-electron chi connectivity index (χ1n) is 6.72. The van der Waals surface area contributed by atoms with Gasteiger partial charge in [-0.1, -0.05) is 11.8 Å². The summed E-state index contributed by atoms with van der Waals surface area (Å²) in [4.78, 5) is 14.9. The van der Waals surface area contributed by atoms with Crippen LogP contribution < -0.4 is 0 Å². The summed E-state index contributed by atoms with van der Waals surface area (Å²) in [5.74, 6) is 5.97. The molecule has 108 valence electrons. The average molecular weight is 293 g/mol. The number of thiophene rings is 1. The third-order valence-corrected chi connectivity index (χ3v) is 4.20. The highest BCUT2D eigenvalue weighted by molar-refractivity contribution is 7.10. The molecule has 0 saturated carbocycles. The van der Waals surface area contributed by atoms with E-state index in [2.05, 4.69) is 11.8 Å². The van der Waals surface area contributed by atoms with Crippen molar-refractivity contribution >= 4 is 17.2 Å². The molecule has 0 aromatic carbocycles. The molecule has 0 radical (unpaired) electrons. The van der Waals surface area contributed by atoms with Crippen LogP contribution in [0.4, 0.5) is 0 Å². The van der Waals surface area contributed by atoms with Gasteiger partial charge in [-0.05, 0) is 24.8 Å². The van der Waals surface area contributed by atoms with Crippen molar-refractivity contribution in [2.24, 2.45) is 5.92 Å². The van der Waals surface area contributed by atoms with Gasteiger partial charge in [-0.15, -0.1) is 11.3 Å². The lowest BCUT2D eigenvalue weighted by atomic mass is 10.00. The van der Waals surface area contributed by atoms with Crippen LogP contribution in [0.15, 0.2) is 11.4 Å². The molecule has 20 heavy (non-hydrogen) atoms. The molecule has 1 aliphatic rings. The van der Waals surface area contributed by atoms with Crippen molar-refractivity contribution in [1.82, 2.24) is 4.90 Å². The van der Waals surface area contributed by atoms with Gasteiger partial charge in [-0.25, -0.2) is 0 Å². The van der Waals surface area contributed by atoms with E-state index in [-0.39, 0.29) is 12.5 Å². The summed E-state index contributed by atoms with van der Waals surface area (Å²) in [6.45, 7) is 2.21. The predicted molar refractivity (Wildman–Crippen MR) is 78.8 cm³/mol. The van der Waals surface area contributed by atoms with E-state index in [1.807, 2.05) is 12.4 Å². The monoisotopic (exact) mass is 293 g/mol. The summed E-state index contributed by atoms with van der Waals surface area (Å²) in [5, 5.41) is 10.5. The molecule has 1 aromatic heterocycles. The maximum absolute atomic E-state index is 12.3. The SMILES string of the molecule is CN(CC1CCOCC1)C(=O)c1csc(C#CCO)c1. The molecule has 0 atom stereocenters. The van der Waals surface area contributed by atoms with Gasteiger partial charge in [-0.2, -0.15) is 0 Å². The third-order valence-electron chi connectivity index (χ3n) is 3.36. The number of aliphatic hydroxyl groups is 1. The standard InChI is InChI=1S/C15H19NO3S/c1-16(10-12-4-7-19-8-5-12)15(18)13-9-14(20-11-13)3-2-6-17/h9,11-12,17H,4-8,10H2,1H3. The van der Waals surface area contributed by atoms with Crippen molar-refractivity contribution < 1.29 is 14.6 Å². The predicted octanol–water partition coefficient (Wildman–Crippen LogP) is 1.59. The molecule has 4 nitrogen and oxygen atoms in total. The van der Waals surface area contributed by atoms with E-state index in [9.17, 15) is 4.79 Å². The van der Waals surface area contributed by atoms with Crippen LogP contribution in [0.1, 0.15) is 28.1 Å².